The van der Waals surface area contributed by atoms with E-state index in [1.54, 1.807) is 0 Å². The molecule has 3 N–H and O–H groups in total. The number of nitrogens with two attached hydrogens (primary N) is 1. The van der Waals surface area contributed by atoms with Crippen LogP contribution in [0.3, 0.4) is 0 Å². The van der Waals surface area contributed by atoms with Gasteiger partial charge in [0.05, 0.1) is 0 Å². The lowest BCUT2D eigenvalue weighted by Gasteiger charge is -1.70. The molecule has 0 aromatic rings. The molecule has 0 heterocycles. The third kappa shape index (κ3) is 801. The summed E-state index contributed by atoms with van der Waals surface area (Å²) in [5, 5.41) is 0.882. The second kappa shape index (κ2) is 0.925. The first-order chi connectivity index (χ1) is 2.56. The first kappa shape index (κ1) is 3.08. The van der Waals surface area contributed by atoms with Gasteiger partial charge in [0.1, 0.15) is 1.41 Å². The van der Waals surface area contributed by atoms with E-state index < -0.39 is 10.3 Å². The number of hydrogen-bond donors (Lipinski definition) is 2. The van der Waals surface area contributed by atoms with Crippen LogP contribution in [0.1, 0.15) is 0 Å². The van der Waals surface area contributed by atoms with E-state index in [-0.39, 0.29) is 0 Å². The van der Waals surface area contributed by atoms with Gasteiger partial charge in [0.15, 0.2) is 0 Å². The lowest BCUT2D eigenvalue weighted by atomic mass is 13.9. The molecule has 0 rings (SSSR count). The van der Waals surface area contributed by atoms with E-state index in [0.717, 1.165) is 5.13 Å². The van der Waals surface area contributed by atoms with Crippen LogP contribution in [0, 0.1) is 0 Å². The van der Waals surface area contributed by atoms with Crippen molar-refractivity contribution in [2.24, 2.45) is 5.13 Å². The van der Waals surface area contributed by atoms with E-state index in [1.807, 2.05) is 0 Å². The Balaban J connectivity index is 3.85. The first-order valence-electron chi connectivity index (χ1n) is 1.22. The minimum atomic E-state index is -4.25. The van der Waals surface area contributed by atoms with Crippen molar-refractivity contribution in [2.45, 2.75) is 0 Å². The minimum Gasteiger partial charge on any atom is -0.274 e. The molecule has 0 unspecified atom stereocenters. The molecular weight excluding hydrogens is 94.1 g/mol. The SMILES string of the molecule is [2H]NS(=O)(=O)O. The lowest BCUT2D eigenvalue weighted by molar-refractivity contribution is 0.485. The molecule has 0 atom stereocenters. The summed E-state index contributed by atoms with van der Waals surface area (Å²) in [6.45, 7) is 0. The fourth-order valence-corrected chi connectivity index (χ4v) is 0. The molecule has 0 aliphatic carbocycles. The van der Waals surface area contributed by atoms with Gasteiger partial charge in [0.25, 0.3) is 0 Å². The Labute approximate surface area is 30.9 Å². The normalized spacial score (nSPS) is 14.2. The zero-order chi connectivity index (χ0) is 5.21. The van der Waals surface area contributed by atoms with Gasteiger partial charge in [0, 0.05) is 0 Å². The lowest BCUT2D eigenvalue weighted by Crippen LogP contribution is -2.08. The van der Waals surface area contributed by atoms with Gasteiger partial charge in [-0.05, 0) is 0 Å². The highest BCUT2D eigenvalue weighted by atomic mass is 32.2. The average Bonchev–Trinajstić information content (AvgIpc) is 1.35. The third-order valence-corrected chi connectivity index (χ3v) is 0. The highest BCUT2D eigenvalue weighted by Gasteiger charge is 1.81. The van der Waals surface area contributed by atoms with Crippen molar-refractivity contribution in [3.8, 4) is 0 Å². The van der Waals surface area contributed by atoms with Crippen molar-refractivity contribution < 1.29 is 14.4 Å². The standard InChI is InChI=1S/H3NO3S/c1-5(2,3)4/h(H3,1,2,3,4)/i/hD. The van der Waals surface area contributed by atoms with Crippen LogP contribution in [0.2, 0.25) is 1.41 Å². The molecule has 5 heteroatoms. The first-order valence-corrected chi connectivity index (χ1v) is 2.16. The van der Waals surface area contributed by atoms with Crippen LogP contribution < -0.4 is 5.13 Å². The van der Waals surface area contributed by atoms with Crippen molar-refractivity contribution in [1.29, 1.82) is 0 Å². The molecule has 0 radical (unpaired) electrons. The number of rotatable bonds is 1. The Kier molecular flexibility index (Phi) is 0.569. The Morgan fingerprint density at radius 3 is 2.20 bits per heavy atom. The molecule has 4 nitrogen and oxygen atoms in total. The van der Waals surface area contributed by atoms with Crippen LogP contribution in [0.25, 0.3) is 0 Å². The zero-order valence-electron chi connectivity index (χ0n) is 3.17. The number of hydrogen-bond acceptors (Lipinski definition) is 2. The molecule has 32 valence electrons. The summed E-state index contributed by atoms with van der Waals surface area (Å²) in [5.74, 6) is 0. The van der Waals surface area contributed by atoms with E-state index in [1.165, 1.54) is 0 Å². The quantitative estimate of drug-likeness (QED) is 0.402. The Morgan fingerprint density at radius 1 is 2.00 bits per heavy atom. The van der Waals surface area contributed by atoms with Gasteiger partial charge >= 0.3 is 10.3 Å². The fraction of sp³-hybridized carbons (Fsp3) is 0. The Morgan fingerprint density at radius 2 is 2.20 bits per heavy atom. The van der Waals surface area contributed by atoms with Gasteiger partial charge in [-0.1, -0.05) is 0 Å². The predicted molar refractivity (Wildman–Crippen MR) is 15.7 cm³/mol. The third-order valence-electron chi connectivity index (χ3n) is 0. The van der Waals surface area contributed by atoms with Gasteiger partial charge in [0.2, 0.25) is 0 Å². The molecule has 0 bridgehead atoms. The fourth-order valence-electron chi connectivity index (χ4n) is 0. The molecule has 0 fully saturated rings. The van der Waals surface area contributed by atoms with E-state index in [0.29, 0.717) is 0 Å². The van der Waals surface area contributed by atoms with Crippen molar-refractivity contribution in [3.05, 3.63) is 0 Å². The maximum absolute atomic E-state index is 9.26. The molecule has 0 spiro atoms. The van der Waals surface area contributed by atoms with Crippen LogP contribution in [0.15, 0.2) is 0 Å². The zero-order valence-corrected chi connectivity index (χ0v) is 2.99. The van der Waals surface area contributed by atoms with Crippen LogP contribution in [0.4, 0.5) is 0 Å². The second-order valence-corrected chi connectivity index (χ2v) is 1.43. The molecular formula is H3NO3S. The summed E-state index contributed by atoms with van der Waals surface area (Å²) in [7, 11) is -4.25. The van der Waals surface area contributed by atoms with Crippen molar-refractivity contribution >= 4 is 10.3 Å². The van der Waals surface area contributed by atoms with Crippen LogP contribution >= 0.6 is 0 Å². The van der Waals surface area contributed by atoms with Crippen LogP contribution in [0.5, 0.6) is 0 Å². The molecule has 5 heavy (non-hydrogen) atoms. The van der Waals surface area contributed by atoms with E-state index in [2.05, 4.69) is 0 Å². The van der Waals surface area contributed by atoms with Gasteiger partial charge in [-0.2, -0.15) is 8.42 Å². The summed E-state index contributed by atoms with van der Waals surface area (Å²) in [5.41, 5.74) is 0. The highest BCUT2D eigenvalue weighted by molar-refractivity contribution is 7.83. The van der Waals surface area contributed by atoms with Crippen LogP contribution in [-0.2, 0) is 10.3 Å². The van der Waals surface area contributed by atoms with Gasteiger partial charge in [-0.15, -0.1) is 0 Å². The summed E-state index contributed by atoms with van der Waals surface area (Å²) in [4.78, 5) is 0. The summed E-state index contributed by atoms with van der Waals surface area (Å²) in [6.07, 6.45) is 0. The monoisotopic (exact) mass is 98.0 g/mol. The predicted octanol–water partition coefficient (Wildman–Crippen LogP) is -1.25. The summed E-state index contributed by atoms with van der Waals surface area (Å²) >= 11 is 0. The van der Waals surface area contributed by atoms with Crippen molar-refractivity contribution in [1.82, 2.24) is 0 Å². The van der Waals surface area contributed by atoms with Gasteiger partial charge < -0.3 is 0 Å². The van der Waals surface area contributed by atoms with Crippen LogP contribution in [-0.4, -0.2) is 13.0 Å². The molecule has 0 aliphatic heterocycles. The Bertz CT molecular complexity index is 113. The Hall–Kier alpha value is -0.130. The smallest absolute Gasteiger partial charge is 0.274 e. The molecule has 0 aliphatic rings. The molecule has 0 saturated carbocycles. The molecule has 0 saturated heterocycles. The average molecular weight is 98.1 g/mol. The molecule has 0 aromatic carbocycles. The minimum absolute atomic E-state index is 0.882. The maximum Gasteiger partial charge on any atom is 0.330 e. The summed E-state index contributed by atoms with van der Waals surface area (Å²) in [6, 6.07) is 0. The molecule has 0 amide bonds. The van der Waals surface area contributed by atoms with Gasteiger partial charge in [-0.25, -0.2) is 5.13 Å². The van der Waals surface area contributed by atoms with E-state index in [4.69, 9.17) is 5.96 Å². The van der Waals surface area contributed by atoms with Gasteiger partial charge in [-0.3, -0.25) is 4.55 Å². The largest absolute Gasteiger partial charge is 0.330 e. The maximum atomic E-state index is 9.26. The molecule has 0 aromatic heterocycles. The van der Waals surface area contributed by atoms with E-state index in [9.17, 15) is 8.42 Å². The van der Waals surface area contributed by atoms with E-state index >= 15 is 0 Å². The second-order valence-electron chi connectivity index (χ2n) is 0.475. The van der Waals surface area contributed by atoms with Crippen molar-refractivity contribution in [2.75, 3.05) is 0 Å². The van der Waals surface area contributed by atoms with Crippen molar-refractivity contribution in [3.63, 3.8) is 0 Å². The highest BCUT2D eigenvalue weighted by Crippen LogP contribution is 1.50. The summed E-state index contributed by atoms with van der Waals surface area (Å²) < 4.78 is 31.8. The topological polar surface area (TPSA) is 80.4 Å².